The van der Waals surface area contributed by atoms with E-state index in [1.54, 1.807) is 13.8 Å². The van der Waals surface area contributed by atoms with Crippen LogP contribution in [0.5, 0.6) is 0 Å². The molecule has 1 heterocycles. The summed E-state index contributed by atoms with van der Waals surface area (Å²) in [5, 5.41) is 0. The van der Waals surface area contributed by atoms with Crippen molar-refractivity contribution >= 4 is 0 Å². The first-order valence-corrected chi connectivity index (χ1v) is 4.78. The summed E-state index contributed by atoms with van der Waals surface area (Å²) in [6, 6.07) is 0. The quantitative estimate of drug-likeness (QED) is 0.625. The molecule has 0 bridgehead atoms. The summed E-state index contributed by atoms with van der Waals surface area (Å²) in [5.74, 6) is -0.822. The van der Waals surface area contributed by atoms with Gasteiger partial charge in [0.15, 0.2) is 0 Å². The standard InChI is InChI=1S/C9H18O4/c1-5-7-8(6-2)11-13-9(3,4)12-10-7/h7-8H,5-6H2,1-4H3/t7-,8-/m0/s1. The Morgan fingerprint density at radius 3 is 1.62 bits per heavy atom. The third-order valence-electron chi connectivity index (χ3n) is 1.96. The highest BCUT2D eigenvalue weighted by molar-refractivity contribution is 4.67. The molecule has 4 nitrogen and oxygen atoms in total. The molecule has 13 heavy (non-hydrogen) atoms. The highest BCUT2D eigenvalue weighted by Gasteiger charge is 2.33. The highest BCUT2D eigenvalue weighted by Crippen LogP contribution is 2.24. The van der Waals surface area contributed by atoms with E-state index >= 15 is 0 Å². The average molecular weight is 190 g/mol. The van der Waals surface area contributed by atoms with Gasteiger partial charge >= 0.3 is 0 Å². The van der Waals surface area contributed by atoms with Crippen LogP contribution >= 0.6 is 0 Å². The molecule has 1 rings (SSSR count). The first-order chi connectivity index (χ1) is 6.09. The first kappa shape index (κ1) is 10.9. The van der Waals surface area contributed by atoms with Gasteiger partial charge in [-0.1, -0.05) is 13.8 Å². The monoisotopic (exact) mass is 190 g/mol. The second kappa shape index (κ2) is 4.37. The van der Waals surface area contributed by atoms with Gasteiger partial charge in [-0.15, -0.1) is 0 Å². The van der Waals surface area contributed by atoms with Crippen LogP contribution in [-0.2, 0) is 19.6 Å². The van der Waals surface area contributed by atoms with Gasteiger partial charge < -0.3 is 0 Å². The normalized spacial score (nSPS) is 34.2. The fourth-order valence-electron chi connectivity index (χ4n) is 1.16. The third-order valence-corrected chi connectivity index (χ3v) is 1.96. The molecule has 0 spiro atoms. The topological polar surface area (TPSA) is 36.9 Å². The van der Waals surface area contributed by atoms with Crippen molar-refractivity contribution in [2.24, 2.45) is 0 Å². The van der Waals surface area contributed by atoms with E-state index in [2.05, 4.69) is 0 Å². The maximum Gasteiger partial charge on any atom is 0.228 e. The van der Waals surface area contributed by atoms with Crippen molar-refractivity contribution in [3.63, 3.8) is 0 Å². The Morgan fingerprint density at radius 2 is 1.31 bits per heavy atom. The minimum atomic E-state index is -0.822. The molecule has 0 radical (unpaired) electrons. The molecular formula is C9H18O4. The summed E-state index contributed by atoms with van der Waals surface area (Å²) in [5.41, 5.74) is 0. The van der Waals surface area contributed by atoms with Gasteiger partial charge in [-0.05, 0) is 26.7 Å². The van der Waals surface area contributed by atoms with E-state index in [4.69, 9.17) is 19.6 Å². The van der Waals surface area contributed by atoms with Crippen LogP contribution in [0.15, 0.2) is 0 Å². The van der Waals surface area contributed by atoms with Gasteiger partial charge in [-0.25, -0.2) is 9.78 Å². The van der Waals surface area contributed by atoms with Crippen LogP contribution in [0.1, 0.15) is 40.5 Å². The lowest BCUT2D eigenvalue weighted by molar-refractivity contribution is -0.474. The zero-order chi connectivity index (χ0) is 9.90. The van der Waals surface area contributed by atoms with Crippen LogP contribution in [-0.4, -0.2) is 18.0 Å². The molecule has 2 atom stereocenters. The highest BCUT2D eigenvalue weighted by atomic mass is 17.3. The van der Waals surface area contributed by atoms with Crippen molar-refractivity contribution in [2.45, 2.75) is 58.5 Å². The van der Waals surface area contributed by atoms with Gasteiger partial charge in [0.25, 0.3) is 0 Å². The summed E-state index contributed by atoms with van der Waals surface area (Å²) < 4.78 is 0. The third kappa shape index (κ3) is 2.91. The molecule has 0 unspecified atom stereocenters. The Balaban J connectivity index is 2.57. The molecule has 1 fully saturated rings. The Kier molecular flexibility index (Phi) is 3.67. The summed E-state index contributed by atoms with van der Waals surface area (Å²) in [7, 11) is 0. The van der Waals surface area contributed by atoms with Crippen LogP contribution in [0, 0.1) is 0 Å². The van der Waals surface area contributed by atoms with Crippen LogP contribution in [0.4, 0.5) is 0 Å². The number of hydrogen-bond donors (Lipinski definition) is 0. The molecule has 4 heteroatoms. The van der Waals surface area contributed by atoms with Crippen LogP contribution in [0.2, 0.25) is 0 Å². The molecule has 0 aliphatic carbocycles. The lowest BCUT2D eigenvalue weighted by Crippen LogP contribution is -2.27. The largest absolute Gasteiger partial charge is 0.228 e. The van der Waals surface area contributed by atoms with Crippen LogP contribution in [0.25, 0.3) is 0 Å². The maximum absolute atomic E-state index is 5.22. The predicted molar refractivity (Wildman–Crippen MR) is 46.6 cm³/mol. The Labute approximate surface area is 79.0 Å². The van der Waals surface area contributed by atoms with E-state index in [0.29, 0.717) is 0 Å². The van der Waals surface area contributed by atoms with Gasteiger partial charge in [0.1, 0.15) is 12.2 Å². The summed E-state index contributed by atoms with van der Waals surface area (Å²) in [6.45, 7) is 7.55. The lowest BCUT2D eigenvalue weighted by Gasteiger charge is -2.18. The van der Waals surface area contributed by atoms with Crippen molar-refractivity contribution in [1.29, 1.82) is 0 Å². The van der Waals surface area contributed by atoms with E-state index in [-0.39, 0.29) is 12.2 Å². The number of rotatable bonds is 2. The first-order valence-electron chi connectivity index (χ1n) is 4.78. The van der Waals surface area contributed by atoms with Crippen molar-refractivity contribution < 1.29 is 19.6 Å². The van der Waals surface area contributed by atoms with E-state index in [1.807, 2.05) is 13.8 Å². The van der Waals surface area contributed by atoms with Crippen molar-refractivity contribution in [3.05, 3.63) is 0 Å². The van der Waals surface area contributed by atoms with E-state index in [1.165, 1.54) is 0 Å². The zero-order valence-electron chi connectivity index (χ0n) is 8.70. The molecule has 0 N–H and O–H groups in total. The summed E-state index contributed by atoms with van der Waals surface area (Å²) >= 11 is 0. The predicted octanol–water partition coefficient (Wildman–Crippen LogP) is 2.19. The van der Waals surface area contributed by atoms with Gasteiger partial charge in [0, 0.05) is 0 Å². The van der Waals surface area contributed by atoms with Crippen LogP contribution in [0.3, 0.4) is 0 Å². The molecule has 0 aromatic heterocycles. The van der Waals surface area contributed by atoms with Gasteiger partial charge in [-0.2, -0.15) is 9.78 Å². The minimum Gasteiger partial charge on any atom is -0.227 e. The van der Waals surface area contributed by atoms with Gasteiger partial charge in [0.05, 0.1) is 0 Å². The van der Waals surface area contributed by atoms with Gasteiger partial charge in [0.2, 0.25) is 5.79 Å². The molecular weight excluding hydrogens is 172 g/mol. The molecule has 0 aromatic carbocycles. The lowest BCUT2D eigenvalue weighted by atomic mass is 10.1. The van der Waals surface area contributed by atoms with Gasteiger partial charge in [-0.3, -0.25) is 0 Å². The smallest absolute Gasteiger partial charge is 0.227 e. The average Bonchev–Trinajstić information content (AvgIpc) is 2.23. The summed E-state index contributed by atoms with van der Waals surface area (Å²) in [4.78, 5) is 20.6. The maximum atomic E-state index is 5.22. The summed E-state index contributed by atoms with van der Waals surface area (Å²) in [6.07, 6.45) is 1.59. The van der Waals surface area contributed by atoms with E-state index in [9.17, 15) is 0 Å². The van der Waals surface area contributed by atoms with Crippen LogP contribution < -0.4 is 0 Å². The fourth-order valence-corrected chi connectivity index (χ4v) is 1.16. The molecule has 0 aromatic rings. The van der Waals surface area contributed by atoms with Crippen molar-refractivity contribution in [3.8, 4) is 0 Å². The molecule has 78 valence electrons. The molecule has 1 saturated heterocycles. The molecule has 1 aliphatic heterocycles. The Morgan fingerprint density at radius 1 is 0.923 bits per heavy atom. The molecule has 0 saturated carbocycles. The molecule has 1 aliphatic rings. The molecule has 0 amide bonds. The Hall–Kier alpha value is -0.160. The zero-order valence-corrected chi connectivity index (χ0v) is 8.70. The second-order valence-corrected chi connectivity index (χ2v) is 3.65. The van der Waals surface area contributed by atoms with E-state index < -0.39 is 5.79 Å². The minimum absolute atomic E-state index is 0.0493. The fraction of sp³-hybridized carbons (Fsp3) is 1.00. The second-order valence-electron chi connectivity index (χ2n) is 3.65. The van der Waals surface area contributed by atoms with Crippen molar-refractivity contribution in [1.82, 2.24) is 0 Å². The SMILES string of the molecule is CC[C@@H]1OOC(C)(C)OO[C@H]1CC. The number of hydrogen-bond acceptors (Lipinski definition) is 4. The Bertz CT molecular complexity index is 142. The van der Waals surface area contributed by atoms with E-state index in [0.717, 1.165) is 12.8 Å². The van der Waals surface area contributed by atoms with Crippen molar-refractivity contribution in [2.75, 3.05) is 0 Å².